The van der Waals surface area contributed by atoms with Gasteiger partial charge in [0, 0.05) is 27.7 Å². The third-order valence-electron chi connectivity index (χ3n) is 3.95. The minimum Gasteiger partial charge on any atom is -0.376 e. The molecule has 2 unspecified atom stereocenters. The van der Waals surface area contributed by atoms with Crippen molar-refractivity contribution >= 4 is 24.1 Å². The number of H-pyrrole nitrogens is 1. The molecule has 1 aliphatic carbocycles. The standard InChI is InChI=1S/C17H19N3.2C2H6.C2H4/c1-4-7-12-10(2)19-11(3)15(12)17-16(18)13-8-5-6-9-14(13)20-17;3*1-2/h4-9,13-14,18-20H,3H2,1-2H3;2*1-2H3;1-2H2/b7-4-,17-15+,18-16?;;;. The van der Waals surface area contributed by atoms with Gasteiger partial charge < -0.3 is 15.7 Å². The van der Waals surface area contributed by atoms with E-state index >= 15 is 0 Å². The Labute approximate surface area is 159 Å². The Kier molecular flexibility index (Phi) is 10.7. The average Bonchev–Trinajstić information content (AvgIpc) is 3.17. The summed E-state index contributed by atoms with van der Waals surface area (Å²) in [5.41, 5.74) is 3.76. The van der Waals surface area contributed by atoms with Gasteiger partial charge in [0.1, 0.15) is 0 Å². The fourth-order valence-electron chi connectivity index (χ4n) is 3.01. The number of aromatic nitrogens is 1. The summed E-state index contributed by atoms with van der Waals surface area (Å²) >= 11 is 0. The predicted molar refractivity (Wildman–Crippen MR) is 119 cm³/mol. The van der Waals surface area contributed by atoms with Crippen molar-refractivity contribution in [2.45, 2.75) is 47.6 Å². The van der Waals surface area contributed by atoms with Gasteiger partial charge >= 0.3 is 0 Å². The molecule has 1 aromatic rings. The summed E-state index contributed by atoms with van der Waals surface area (Å²) in [5, 5.41) is 13.8. The zero-order valence-corrected chi connectivity index (χ0v) is 17.2. The van der Waals surface area contributed by atoms with Gasteiger partial charge in [-0.15, -0.1) is 13.2 Å². The Morgan fingerprint density at radius 1 is 1.08 bits per heavy atom. The van der Waals surface area contributed by atoms with Crippen LogP contribution in [0.5, 0.6) is 0 Å². The molecular weight excluding hydrogens is 318 g/mol. The minimum absolute atomic E-state index is 0.128. The number of aromatic amines is 1. The van der Waals surface area contributed by atoms with E-state index in [2.05, 4.69) is 48.3 Å². The molecule has 2 aliphatic rings. The molecule has 142 valence electrons. The molecule has 3 nitrogen and oxygen atoms in total. The van der Waals surface area contributed by atoms with E-state index < -0.39 is 0 Å². The quantitative estimate of drug-likeness (QED) is 0.641. The number of allylic oxidation sites excluding steroid dienone is 3. The Hall–Kier alpha value is -2.55. The minimum atomic E-state index is 0.128. The van der Waals surface area contributed by atoms with Crippen molar-refractivity contribution in [3.8, 4) is 0 Å². The molecule has 2 heterocycles. The lowest BCUT2D eigenvalue weighted by molar-refractivity contribution is 0.683. The molecule has 1 saturated heterocycles. The summed E-state index contributed by atoms with van der Waals surface area (Å²) in [6.45, 7) is 22.1. The van der Waals surface area contributed by atoms with Gasteiger partial charge in [0.25, 0.3) is 0 Å². The summed E-state index contributed by atoms with van der Waals surface area (Å²) in [5.74, 6) is 0.128. The van der Waals surface area contributed by atoms with E-state index in [4.69, 9.17) is 5.41 Å². The summed E-state index contributed by atoms with van der Waals surface area (Å²) < 4.78 is 0. The number of hydrogen-bond acceptors (Lipinski definition) is 2. The topological polar surface area (TPSA) is 51.7 Å². The fourth-order valence-corrected chi connectivity index (χ4v) is 3.01. The van der Waals surface area contributed by atoms with Gasteiger partial charge in [-0.2, -0.15) is 0 Å². The Morgan fingerprint density at radius 2 is 1.65 bits per heavy atom. The molecule has 0 bridgehead atoms. The Balaban J connectivity index is 0.000000948. The molecule has 3 N–H and O–H groups in total. The van der Waals surface area contributed by atoms with Crippen LogP contribution >= 0.6 is 0 Å². The van der Waals surface area contributed by atoms with E-state index in [1.807, 2.05) is 59.8 Å². The largest absolute Gasteiger partial charge is 0.376 e. The molecule has 1 fully saturated rings. The van der Waals surface area contributed by atoms with Crippen LogP contribution in [0, 0.1) is 18.3 Å². The SMILES string of the molecule is C=C.C=c1[nH]c(C)c(/C=C\C)/c1=C1/NC2C=CC=CC2C1=N.CC.CC. The van der Waals surface area contributed by atoms with E-state index in [0.717, 1.165) is 27.5 Å². The molecule has 0 amide bonds. The van der Waals surface area contributed by atoms with E-state index in [9.17, 15) is 0 Å². The highest BCUT2D eigenvalue weighted by molar-refractivity contribution is 6.21. The maximum Gasteiger partial charge on any atom is 0.0664 e. The predicted octanol–water partition coefficient (Wildman–Crippen LogP) is 4.46. The van der Waals surface area contributed by atoms with Crippen molar-refractivity contribution in [1.29, 1.82) is 5.41 Å². The third kappa shape index (κ3) is 4.75. The van der Waals surface area contributed by atoms with Crippen LogP contribution < -0.4 is 15.9 Å². The van der Waals surface area contributed by atoms with Crippen molar-refractivity contribution in [3.63, 3.8) is 0 Å². The van der Waals surface area contributed by atoms with Crippen molar-refractivity contribution in [2.24, 2.45) is 5.92 Å². The van der Waals surface area contributed by atoms with Crippen LogP contribution in [0.15, 0.2) is 43.5 Å². The van der Waals surface area contributed by atoms with E-state index in [1.54, 1.807) is 0 Å². The molecule has 1 aromatic heterocycles. The summed E-state index contributed by atoms with van der Waals surface area (Å²) in [4.78, 5) is 3.28. The number of aryl methyl sites for hydroxylation is 1. The van der Waals surface area contributed by atoms with Crippen molar-refractivity contribution in [1.82, 2.24) is 10.3 Å². The molecule has 26 heavy (non-hydrogen) atoms. The number of hydrogen-bond donors (Lipinski definition) is 3. The molecule has 0 aromatic carbocycles. The molecule has 2 atom stereocenters. The lowest BCUT2D eigenvalue weighted by Gasteiger charge is -2.13. The van der Waals surface area contributed by atoms with Gasteiger partial charge in [0.05, 0.1) is 17.5 Å². The zero-order valence-electron chi connectivity index (χ0n) is 17.2. The van der Waals surface area contributed by atoms with Crippen molar-refractivity contribution in [3.05, 3.63) is 65.4 Å². The molecule has 0 spiro atoms. The van der Waals surface area contributed by atoms with Gasteiger partial charge in [-0.3, -0.25) is 0 Å². The second kappa shape index (κ2) is 11.9. The number of fused-ring (bicyclic) bond motifs is 1. The monoisotopic (exact) mass is 353 g/mol. The van der Waals surface area contributed by atoms with Gasteiger partial charge in [-0.05, 0) is 13.8 Å². The van der Waals surface area contributed by atoms with Crippen molar-refractivity contribution < 1.29 is 0 Å². The van der Waals surface area contributed by atoms with Gasteiger partial charge in [0.15, 0.2) is 0 Å². The maximum atomic E-state index is 8.45. The van der Waals surface area contributed by atoms with E-state index in [0.29, 0.717) is 5.71 Å². The summed E-state index contributed by atoms with van der Waals surface area (Å²) in [7, 11) is 0. The first-order valence-corrected chi connectivity index (χ1v) is 9.38. The molecular formula is C23H35N3. The zero-order chi connectivity index (χ0) is 20.3. The molecule has 0 saturated carbocycles. The summed E-state index contributed by atoms with van der Waals surface area (Å²) in [6.07, 6.45) is 12.3. The van der Waals surface area contributed by atoms with Crippen LogP contribution in [0.2, 0.25) is 0 Å². The second-order valence-electron chi connectivity index (χ2n) is 5.27. The third-order valence-corrected chi connectivity index (χ3v) is 3.95. The van der Waals surface area contributed by atoms with Gasteiger partial charge in [0.2, 0.25) is 0 Å². The van der Waals surface area contributed by atoms with Crippen LogP contribution in [-0.4, -0.2) is 16.7 Å². The number of nitrogens with one attached hydrogen (secondary N) is 3. The fraction of sp³-hybridized carbons (Fsp3) is 0.348. The van der Waals surface area contributed by atoms with Crippen LogP contribution in [0.25, 0.3) is 18.4 Å². The van der Waals surface area contributed by atoms with E-state index in [-0.39, 0.29) is 12.0 Å². The molecule has 0 radical (unpaired) electrons. The Morgan fingerprint density at radius 3 is 2.19 bits per heavy atom. The summed E-state index contributed by atoms with van der Waals surface area (Å²) in [6, 6.07) is 0.190. The molecule has 3 rings (SSSR count). The molecule has 3 heteroatoms. The van der Waals surface area contributed by atoms with Gasteiger partial charge in [-0.1, -0.05) is 70.7 Å². The van der Waals surface area contributed by atoms with E-state index in [1.165, 1.54) is 0 Å². The smallest absolute Gasteiger partial charge is 0.0664 e. The van der Waals surface area contributed by atoms with Gasteiger partial charge in [-0.25, -0.2) is 0 Å². The lowest BCUT2D eigenvalue weighted by atomic mass is 9.94. The van der Waals surface area contributed by atoms with Crippen LogP contribution in [0.3, 0.4) is 0 Å². The average molecular weight is 354 g/mol. The highest BCUT2D eigenvalue weighted by atomic mass is 15.0. The number of rotatable bonds is 1. The first kappa shape index (κ1) is 23.4. The van der Waals surface area contributed by atoms with Crippen molar-refractivity contribution in [2.75, 3.05) is 0 Å². The Bertz CT molecular complexity index is 775. The first-order valence-electron chi connectivity index (χ1n) is 9.38. The normalized spacial score (nSPS) is 21.5. The highest BCUT2D eigenvalue weighted by Crippen LogP contribution is 2.25. The van der Waals surface area contributed by atoms with Crippen LogP contribution in [0.4, 0.5) is 0 Å². The van der Waals surface area contributed by atoms with Crippen LogP contribution in [-0.2, 0) is 0 Å². The maximum absolute atomic E-state index is 8.45. The first-order chi connectivity index (χ1) is 12.6. The lowest BCUT2D eigenvalue weighted by Crippen LogP contribution is -2.32. The molecule has 1 aliphatic heterocycles. The highest BCUT2D eigenvalue weighted by Gasteiger charge is 2.33. The van der Waals surface area contributed by atoms with Crippen LogP contribution in [0.1, 0.15) is 45.9 Å². The second-order valence-corrected chi connectivity index (χ2v) is 5.27.